The highest BCUT2D eigenvalue weighted by atomic mass is 32.2. The number of carbonyl (C=O) groups is 1. The number of benzene rings is 1. The molecule has 1 N–H and O–H groups in total. The molecule has 3 heterocycles. The van der Waals surface area contributed by atoms with Gasteiger partial charge in [0.2, 0.25) is 11.9 Å². The van der Waals surface area contributed by atoms with Gasteiger partial charge in [0.1, 0.15) is 11.7 Å². The number of anilines is 2. The molecule has 2 saturated heterocycles. The van der Waals surface area contributed by atoms with E-state index in [-0.39, 0.29) is 11.9 Å². The first kappa shape index (κ1) is 23.3. The summed E-state index contributed by atoms with van der Waals surface area (Å²) >= 11 is 0. The van der Waals surface area contributed by atoms with E-state index < -0.39 is 38.1 Å². The molecule has 33 heavy (non-hydrogen) atoms. The summed E-state index contributed by atoms with van der Waals surface area (Å²) in [6.45, 7) is 3.97. The van der Waals surface area contributed by atoms with Gasteiger partial charge in [0.15, 0.2) is 21.5 Å². The van der Waals surface area contributed by atoms with Gasteiger partial charge in [-0.3, -0.25) is 4.79 Å². The van der Waals surface area contributed by atoms with Crippen LogP contribution in [0.15, 0.2) is 29.4 Å². The van der Waals surface area contributed by atoms with Crippen LogP contribution in [-0.4, -0.2) is 67.2 Å². The van der Waals surface area contributed by atoms with E-state index >= 15 is 0 Å². The van der Waals surface area contributed by atoms with Crippen LogP contribution in [0.4, 0.5) is 20.4 Å². The first-order valence-electron chi connectivity index (χ1n) is 11.0. The lowest BCUT2D eigenvalue weighted by Gasteiger charge is -2.36. The number of sulfone groups is 1. The number of hydrogen-bond donors (Lipinski definition) is 1. The summed E-state index contributed by atoms with van der Waals surface area (Å²) < 4.78 is 52.0. The van der Waals surface area contributed by atoms with Crippen LogP contribution >= 0.6 is 0 Å². The van der Waals surface area contributed by atoms with Gasteiger partial charge in [-0.05, 0) is 43.4 Å². The van der Waals surface area contributed by atoms with Gasteiger partial charge in [-0.25, -0.2) is 27.2 Å². The molecule has 0 spiro atoms. The summed E-state index contributed by atoms with van der Waals surface area (Å²) in [6.07, 6.45) is 7.33. The zero-order valence-corrected chi connectivity index (χ0v) is 19.4. The summed E-state index contributed by atoms with van der Waals surface area (Å²) in [6, 6.07) is 0.810. The first-order chi connectivity index (χ1) is 15.7. The fourth-order valence-corrected chi connectivity index (χ4v) is 4.98. The van der Waals surface area contributed by atoms with Crippen molar-refractivity contribution in [2.75, 3.05) is 36.1 Å². The minimum Gasteiger partial charge on any atom is -0.369 e. The van der Waals surface area contributed by atoms with Crippen LogP contribution in [0.25, 0.3) is 0 Å². The molecule has 1 aromatic carbocycles. The molecule has 2 fully saturated rings. The number of aromatic nitrogens is 2. The fraction of sp³-hybridized carbons (Fsp3) is 0.500. The summed E-state index contributed by atoms with van der Waals surface area (Å²) in [7, 11) is -3.75. The summed E-state index contributed by atoms with van der Waals surface area (Å²) in [5.74, 6) is -1.60. The standard InChI is InChI=1S/C22H27F2N5O3S/c1-3-14-12-25-22(26-13-14)28-7-4-15(5-8-28)29-9-6-19(21(29)30)27-20-17(23)10-16(11-18(20)24)33(2,31)32/h10-13,15,19,27H,3-9H2,1-2H3/t19-/m0/s1. The predicted molar refractivity (Wildman–Crippen MR) is 120 cm³/mol. The van der Waals surface area contributed by atoms with Crippen LogP contribution in [0.1, 0.15) is 31.7 Å². The van der Waals surface area contributed by atoms with Crippen molar-refractivity contribution in [3.05, 3.63) is 41.7 Å². The Hall–Kier alpha value is -2.82. The molecule has 2 aliphatic heterocycles. The minimum absolute atomic E-state index is 0.0396. The molecule has 4 rings (SSSR count). The first-order valence-corrected chi connectivity index (χ1v) is 12.9. The van der Waals surface area contributed by atoms with Gasteiger partial charge in [-0.15, -0.1) is 0 Å². The molecular formula is C22H27F2N5O3S. The Kier molecular flexibility index (Phi) is 6.51. The van der Waals surface area contributed by atoms with Gasteiger partial charge < -0.3 is 15.1 Å². The van der Waals surface area contributed by atoms with Crippen molar-refractivity contribution in [2.45, 2.75) is 49.6 Å². The summed E-state index contributed by atoms with van der Waals surface area (Å²) in [5.41, 5.74) is 0.596. The Morgan fingerprint density at radius 3 is 2.21 bits per heavy atom. The molecule has 1 amide bonds. The SMILES string of the molecule is CCc1cnc(N2CCC(N3CC[C@H](Nc4c(F)cc(S(C)(=O)=O)cc4F)C3=O)CC2)nc1. The number of nitrogens with one attached hydrogen (secondary N) is 1. The van der Waals surface area contributed by atoms with Crippen LogP contribution in [0.3, 0.4) is 0 Å². The highest BCUT2D eigenvalue weighted by Gasteiger charge is 2.38. The second-order valence-electron chi connectivity index (χ2n) is 8.51. The maximum atomic E-state index is 14.4. The number of hydrogen-bond acceptors (Lipinski definition) is 7. The highest BCUT2D eigenvalue weighted by Crippen LogP contribution is 2.29. The van der Waals surface area contributed by atoms with Crippen molar-refractivity contribution in [1.29, 1.82) is 0 Å². The van der Waals surface area contributed by atoms with E-state index in [0.717, 1.165) is 43.2 Å². The van der Waals surface area contributed by atoms with Crippen molar-refractivity contribution in [1.82, 2.24) is 14.9 Å². The topological polar surface area (TPSA) is 95.5 Å². The van der Waals surface area contributed by atoms with Crippen molar-refractivity contribution < 1.29 is 22.0 Å². The molecule has 1 aromatic heterocycles. The molecule has 178 valence electrons. The van der Waals surface area contributed by atoms with Crippen LogP contribution in [0, 0.1) is 11.6 Å². The number of amides is 1. The molecule has 2 aromatic rings. The van der Waals surface area contributed by atoms with Crippen LogP contribution in [0.2, 0.25) is 0 Å². The van der Waals surface area contributed by atoms with Crippen LogP contribution in [-0.2, 0) is 21.1 Å². The van der Waals surface area contributed by atoms with E-state index in [2.05, 4.69) is 20.2 Å². The zero-order valence-electron chi connectivity index (χ0n) is 18.6. The molecule has 0 aliphatic carbocycles. The molecule has 0 unspecified atom stereocenters. The highest BCUT2D eigenvalue weighted by molar-refractivity contribution is 7.90. The molecule has 1 atom stereocenters. The third-order valence-corrected chi connectivity index (χ3v) is 7.38. The monoisotopic (exact) mass is 479 g/mol. The second kappa shape index (κ2) is 9.20. The summed E-state index contributed by atoms with van der Waals surface area (Å²) in [5, 5.41) is 2.65. The van der Waals surface area contributed by atoms with Gasteiger partial charge in [0.25, 0.3) is 0 Å². The van der Waals surface area contributed by atoms with E-state index in [4.69, 9.17) is 0 Å². The minimum atomic E-state index is -3.75. The van der Waals surface area contributed by atoms with Gasteiger partial charge >= 0.3 is 0 Å². The van der Waals surface area contributed by atoms with Crippen molar-refractivity contribution in [3.8, 4) is 0 Å². The number of piperidine rings is 1. The molecular weight excluding hydrogens is 452 g/mol. The lowest BCUT2D eigenvalue weighted by Crippen LogP contribution is -2.47. The third kappa shape index (κ3) is 4.92. The summed E-state index contributed by atoms with van der Waals surface area (Å²) in [4.78, 5) is 25.2. The Morgan fingerprint density at radius 2 is 1.67 bits per heavy atom. The predicted octanol–water partition coefficient (Wildman–Crippen LogP) is 2.40. The van der Waals surface area contributed by atoms with Crippen LogP contribution < -0.4 is 10.2 Å². The number of aryl methyl sites for hydroxylation is 1. The fourth-order valence-electron chi connectivity index (χ4n) is 4.35. The number of rotatable bonds is 6. The average molecular weight is 480 g/mol. The van der Waals surface area contributed by atoms with Gasteiger partial charge in [-0.2, -0.15) is 0 Å². The Bertz CT molecular complexity index is 1110. The second-order valence-corrected chi connectivity index (χ2v) is 10.5. The smallest absolute Gasteiger partial charge is 0.245 e. The number of nitrogens with zero attached hydrogens (tertiary/aromatic N) is 4. The normalized spacial score (nSPS) is 19.9. The Labute approximate surface area is 191 Å². The van der Waals surface area contributed by atoms with E-state index in [0.29, 0.717) is 32.0 Å². The number of halogens is 2. The quantitative estimate of drug-likeness (QED) is 0.680. The van der Waals surface area contributed by atoms with E-state index in [1.54, 1.807) is 4.90 Å². The average Bonchev–Trinajstić information content (AvgIpc) is 3.15. The van der Waals surface area contributed by atoms with Gasteiger partial charge in [-0.1, -0.05) is 6.92 Å². The van der Waals surface area contributed by atoms with Crippen molar-refractivity contribution in [2.24, 2.45) is 0 Å². The molecule has 0 bridgehead atoms. The number of carbonyl (C=O) groups excluding carboxylic acids is 1. The van der Waals surface area contributed by atoms with E-state index in [9.17, 15) is 22.0 Å². The lowest BCUT2D eigenvalue weighted by atomic mass is 10.0. The Morgan fingerprint density at radius 1 is 1.06 bits per heavy atom. The van der Waals surface area contributed by atoms with E-state index in [1.165, 1.54) is 0 Å². The van der Waals surface area contributed by atoms with Crippen molar-refractivity contribution in [3.63, 3.8) is 0 Å². The Balaban J connectivity index is 1.38. The maximum absolute atomic E-state index is 14.4. The van der Waals surface area contributed by atoms with Crippen molar-refractivity contribution >= 4 is 27.4 Å². The zero-order chi connectivity index (χ0) is 23.8. The molecule has 0 saturated carbocycles. The van der Waals surface area contributed by atoms with Gasteiger partial charge in [0.05, 0.1) is 4.90 Å². The van der Waals surface area contributed by atoms with Crippen LogP contribution in [0.5, 0.6) is 0 Å². The molecule has 0 radical (unpaired) electrons. The lowest BCUT2D eigenvalue weighted by molar-refractivity contribution is -0.130. The molecule has 2 aliphatic rings. The number of likely N-dealkylation sites (tertiary alicyclic amines) is 1. The maximum Gasteiger partial charge on any atom is 0.245 e. The van der Waals surface area contributed by atoms with Gasteiger partial charge in [0, 0.05) is 44.3 Å². The third-order valence-electron chi connectivity index (χ3n) is 6.29. The molecule has 8 nitrogen and oxygen atoms in total. The van der Waals surface area contributed by atoms with E-state index in [1.807, 2.05) is 19.3 Å². The molecule has 11 heteroatoms. The largest absolute Gasteiger partial charge is 0.369 e.